The Balaban J connectivity index is 1.67. The van der Waals surface area contributed by atoms with Crippen LogP contribution in [0.4, 0.5) is 0 Å². The van der Waals surface area contributed by atoms with Gasteiger partial charge in [-0.3, -0.25) is 24.2 Å². The summed E-state index contributed by atoms with van der Waals surface area (Å²) in [6.45, 7) is 0. The van der Waals surface area contributed by atoms with Crippen LogP contribution in [0.15, 0.2) is 60.8 Å². The summed E-state index contributed by atoms with van der Waals surface area (Å²) in [6.07, 6.45) is 1.54. The molecule has 1 unspecified atom stereocenters. The van der Waals surface area contributed by atoms with Crippen LogP contribution in [-0.4, -0.2) is 43.6 Å². The Morgan fingerprint density at radius 3 is 2.55 bits per heavy atom. The van der Waals surface area contributed by atoms with E-state index in [1.807, 2.05) is 42.5 Å². The molecule has 0 aliphatic rings. The molecule has 2 amide bonds. The fourth-order valence-corrected chi connectivity index (χ4v) is 3.50. The molecule has 156 valence electrons. The van der Waals surface area contributed by atoms with E-state index in [0.29, 0.717) is 11.4 Å². The lowest BCUT2D eigenvalue weighted by Crippen LogP contribution is -2.47. The predicted octanol–water partition coefficient (Wildman–Crippen LogP) is 1.36. The fourth-order valence-electron chi connectivity index (χ4n) is 3.50. The minimum atomic E-state index is -1.11. The Hall–Kier alpha value is -4.27. The van der Waals surface area contributed by atoms with Crippen molar-refractivity contribution in [3.63, 3.8) is 0 Å². The Bertz CT molecular complexity index is 1270. The number of amides is 2. The predicted molar refractivity (Wildman–Crippen MR) is 114 cm³/mol. The van der Waals surface area contributed by atoms with Crippen LogP contribution >= 0.6 is 0 Å². The van der Waals surface area contributed by atoms with Gasteiger partial charge in [-0.15, -0.1) is 0 Å². The number of nitrogens with one attached hydrogen (secondary N) is 2. The molecule has 31 heavy (non-hydrogen) atoms. The Labute approximate surface area is 177 Å². The summed E-state index contributed by atoms with van der Waals surface area (Å²) in [5.74, 6) is -2.52. The normalized spacial score (nSPS) is 11.9. The van der Waals surface area contributed by atoms with Gasteiger partial charge in [-0.05, 0) is 11.6 Å². The van der Waals surface area contributed by atoms with Crippen LogP contribution in [-0.2, 0) is 23.1 Å². The van der Waals surface area contributed by atoms with Crippen LogP contribution in [0.3, 0.4) is 0 Å². The molecular weight excluding hydrogens is 396 g/mol. The first-order valence-corrected chi connectivity index (χ1v) is 9.59. The van der Waals surface area contributed by atoms with Gasteiger partial charge in [-0.1, -0.05) is 48.5 Å². The number of ketones is 1. The third-order valence-electron chi connectivity index (χ3n) is 5.03. The summed E-state index contributed by atoms with van der Waals surface area (Å²) >= 11 is 0. The van der Waals surface area contributed by atoms with E-state index in [1.165, 1.54) is 6.20 Å². The Morgan fingerprint density at radius 1 is 1.10 bits per heavy atom. The highest BCUT2D eigenvalue weighted by Gasteiger charge is 2.28. The van der Waals surface area contributed by atoms with Crippen molar-refractivity contribution in [2.75, 3.05) is 0 Å². The number of hydrogen-bond acceptors (Lipinski definition) is 5. The van der Waals surface area contributed by atoms with Crippen LogP contribution in [0.5, 0.6) is 0 Å². The molecule has 1 atom stereocenters. The van der Waals surface area contributed by atoms with Crippen molar-refractivity contribution in [3.05, 3.63) is 71.9 Å². The van der Waals surface area contributed by atoms with Crippen molar-refractivity contribution in [2.45, 2.75) is 12.5 Å². The molecule has 4 N–H and O–H groups in total. The van der Waals surface area contributed by atoms with Crippen molar-refractivity contribution < 1.29 is 14.4 Å². The zero-order valence-corrected chi connectivity index (χ0v) is 16.7. The summed E-state index contributed by atoms with van der Waals surface area (Å²) in [6, 6.07) is 15.5. The van der Waals surface area contributed by atoms with Crippen molar-refractivity contribution in [2.24, 2.45) is 12.8 Å². The number of nitrogens with two attached hydrogens (primary N) is 1. The molecule has 0 spiro atoms. The highest BCUT2D eigenvalue weighted by molar-refractivity contribution is 6.38. The molecule has 0 saturated carbocycles. The zero-order valence-electron chi connectivity index (χ0n) is 16.7. The van der Waals surface area contributed by atoms with Crippen LogP contribution < -0.4 is 11.1 Å². The van der Waals surface area contributed by atoms with Crippen molar-refractivity contribution >= 4 is 28.5 Å². The fraction of sp³-hybridized carbons (Fsp3) is 0.136. The van der Waals surface area contributed by atoms with E-state index in [9.17, 15) is 14.4 Å². The smallest absolute Gasteiger partial charge is 0.287 e. The first-order chi connectivity index (χ1) is 15.0. The van der Waals surface area contributed by atoms with Crippen molar-refractivity contribution in [1.29, 1.82) is 0 Å². The van der Waals surface area contributed by atoms with Gasteiger partial charge in [0.2, 0.25) is 5.78 Å². The van der Waals surface area contributed by atoms with Gasteiger partial charge in [0.25, 0.3) is 11.8 Å². The second kappa shape index (κ2) is 8.23. The number of aromatic nitrogens is 4. The van der Waals surface area contributed by atoms with Crippen molar-refractivity contribution in [3.8, 4) is 11.4 Å². The van der Waals surface area contributed by atoms with Gasteiger partial charge in [-0.25, -0.2) is 0 Å². The molecule has 9 nitrogen and oxygen atoms in total. The number of nitrogens with zero attached hydrogens (tertiary/aromatic N) is 3. The van der Waals surface area contributed by atoms with Crippen molar-refractivity contribution in [1.82, 2.24) is 25.3 Å². The largest absolute Gasteiger partial charge is 0.363 e. The van der Waals surface area contributed by atoms with Crippen LogP contribution in [0.2, 0.25) is 0 Å². The molecule has 0 aliphatic heterocycles. The molecule has 2 aromatic heterocycles. The first kappa shape index (κ1) is 20.0. The third-order valence-corrected chi connectivity index (χ3v) is 5.03. The number of H-pyrrole nitrogens is 1. The number of Topliss-reactive ketones (excluding diaryl/α,β-unsaturated/α-hetero) is 1. The number of carbonyl (C=O) groups is 3. The van der Waals surface area contributed by atoms with E-state index < -0.39 is 23.6 Å². The van der Waals surface area contributed by atoms with Gasteiger partial charge >= 0.3 is 0 Å². The molecule has 0 saturated heterocycles. The minimum absolute atomic E-state index is 0.134. The summed E-state index contributed by atoms with van der Waals surface area (Å²) in [5, 5.41) is 15.0. The molecule has 0 aliphatic carbocycles. The van der Waals surface area contributed by atoms with Crippen LogP contribution in [0.25, 0.3) is 22.3 Å². The van der Waals surface area contributed by atoms with Gasteiger partial charge in [0.05, 0.1) is 17.3 Å². The van der Waals surface area contributed by atoms with Gasteiger partial charge in [0.1, 0.15) is 17.4 Å². The molecule has 4 rings (SSSR count). The van der Waals surface area contributed by atoms with E-state index >= 15 is 0 Å². The maximum absolute atomic E-state index is 13.1. The molecule has 0 fully saturated rings. The lowest BCUT2D eigenvalue weighted by atomic mass is 10.0. The average molecular weight is 416 g/mol. The average Bonchev–Trinajstić information content (AvgIpc) is 3.36. The lowest BCUT2D eigenvalue weighted by molar-refractivity contribution is -0.137. The number of rotatable bonds is 7. The standard InChI is InChI=1S/C22H20N6O3/c1-28-19(18-14-9-5-6-10-16(14)26-27-18)15(12-24-28)22(31)25-17(20(29)21(23)30)11-13-7-3-2-4-8-13/h2-10,12,17H,11H2,1H3,(H2,23,30)(H,25,31)(H,26,27). The van der Waals surface area contributed by atoms with E-state index in [2.05, 4.69) is 20.6 Å². The molecule has 2 aromatic carbocycles. The summed E-state index contributed by atoms with van der Waals surface area (Å²) in [7, 11) is 1.70. The SMILES string of the molecule is Cn1ncc(C(=O)NC(Cc2ccccc2)C(=O)C(N)=O)c1-c1n[nH]c2ccccc12. The molecule has 9 heteroatoms. The monoisotopic (exact) mass is 416 g/mol. The number of carbonyl (C=O) groups excluding carboxylic acids is 3. The topological polar surface area (TPSA) is 136 Å². The maximum atomic E-state index is 13.1. The van der Waals surface area contributed by atoms with Gasteiger partial charge in [-0.2, -0.15) is 10.2 Å². The summed E-state index contributed by atoms with van der Waals surface area (Å²) in [4.78, 5) is 37.1. The number of fused-ring (bicyclic) bond motifs is 1. The Morgan fingerprint density at radius 2 is 1.81 bits per heavy atom. The number of hydrogen-bond donors (Lipinski definition) is 3. The molecular formula is C22H20N6O3. The first-order valence-electron chi connectivity index (χ1n) is 9.59. The second-order valence-electron chi connectivity index (χ2n) is 7.09. The van der Waals surface area contributed by atoms with E-state index in [1.54, 1.807) is 23.9 Å². The zero-order chi connectivity index (χ0) is 22.0. The maximum Gasteiger partial charge on any atom is 0.287 e. The van der Waals surface area contributed by atoms with E-state index in [0.717, 1.165) is 16.5 Å². The number of aryl methyl sites for hydroxylation is 1. The van der Waals surface area contributed by atoms with Gasteiger partial charge < -0.3 is 11.1 Å². The Kier molecular flexibility index (Phi) is 5.31. The second-order valence-corrected chi connectivity index (χ2v) is 7.09. The number of aromatic amines is 1. The molecule has 0 bridgehead atoms. The molecule has 2 heterocycles. The van der Waals surface area contributed by atoms with Gasteiger partial charge in [0.15, 0.2) is 0 Å². The van der Waals surface area contributed by atoms with E-state index in [-0.39, 0.29) is 12.0 Å². The van der Waals surface area contributed by atoms with E-state index in [4.69, 9.17) is 5.73 Å². The molecule has 0 radical (unpaired) electrons. The summed E-state index contributed by atoms with van der Waals surface area (Å²) < 4.78 is 1.54. The summed E-state index contributed by atoms with van der Waals surface area (Å²) in [5.41, 5.74) is 8.08. The van der Waals surface area contributed by atoms with Crippen LogP contribution in [0, 0.1) is 0 Å². The quantitative estimate of drug-likeness (QED) is 0.391. The third kappa shape index (κ3) is 3.93. The number of primary amides is 1. The number of para-hydroxylation sites is 1. The minimum Gasteiger partial charge on any atom is -0.363 e. The van der Waals surface area contributed by atoms with Crippen LogP contribution in [0.1, 0.15) is 15.9 Å². The highest BCUT2D eigenvalue weighted by Crippen LogP contribution is 2.28. The lowest BCUT2D eigenvalue weighted by Gasteiger charge is -2.16. The molecule has 4 aromatic rings. The highest BCUT2D eigenvalue weighted by atomic mass is 16.2. The number of benzene rings is 2. The van der Waals surface area contributed by atoms with Gasteiger partial charge in [0, 0.05) is 18.9 Å².